The fraction of sp³-hybridized carbons (Fsp3) is 0.333. The Morgan fingerprint density at radius 1 is 1.43 bits per heavy atom. The van der Waals surface area contributed by atoms with Gasteiger partial charge in [0.1, 0.15) is 0 Å². The van der Waals surface area contributed by atoms with Crippen molar-refractivity contribution in [3.05, 3.63) is 48.3 Å². The molecule has 21 heavy (non-hydrogen) atoms. The van der Waals surface area contributed by atoms with Gasteiger partial charge in [-0.05, 0) is 12.1 Å². The van der Waals surface area contributed by atoms with Crippen molar-refractivity contribution in [1.29, 1.82) is 0 Å². The molecule has 2 aromatic rings. The Hall–Kier alpha value is -2.18. The van der Waals surface area contributed by atoms with Gasteiger partial charge in [0.15, 0.2) is 0 Å². The molecule has 112 valence electrons. The third kappa shape index (κ3) is 3.90. The molecule has 6 nitrogen and oxygen atoms in total. The number of rotatable bonds is 6. The number of amides is 1. The molecule has 1 N–H and O–H groups in total. The highest BCUT2D eigenvalue weighted by atomic mass is 16.5. The number of aromatic nitrogens is 2. The van der Waals surface area contributed by atoms with Crippen LogP contribution in [0.25, 0.3) is 5.69 Å². The van der Waals surface area contributed by atoms with E-state index in [2.05, 4.69) is 5.10 Å². The number of aliphatic hydroxyl groups is 1. The number of hydrogen-bond acceptors (Lipinski definition) is 4. The molecule has 1 aromatic carbocycles. The number of ether oxygens (including phenoxy) is 1. The number of hydrogen-bond donors (Lipinski definition) is 1. The summed E-state index contributed by atoms with van der Waals surface area (Å²) in [5, 5.41) is 13.8. The number of methoxy groups -OCH3 is 1. The van der Waals surface area contributed by atoms with E-state index in [1.807, 2.05) is 30.3 Å². The molecular weight excluding hydrogens is 270 g/mol. The largest absolute Gasteiger partial charge is 0.389 e. The molecule has 0 aliphatic heterocycles. The lowest BCUT2D eigenvalue weighted by Gasteiger charge is -2.19. The molecular formula is C15H19N3O3. The normalized spacial score (nSPS) is 12.1. The van der Waals surface area contributed by atoms with Gasteiger partial charge >= 0.3 is 0 Å². The fourth-order valence-electron chi connectivity index (χ4n) is 2.02. The highest BCUT2D eigenvalue weighted by Gasteiger charge is 2.17. The molecule has 6 heteroatoms. The molecule has 0 spiro atoms. The molecule has 0 fully saturated rings. The van der Waals surface area contributed by atoms with E-state index in [9.17, 15) is 9.90 Å². The first-order valence-corrected chi connectivity index (χ1v) is 6.64. The van der Waals surface area contributed by atoms with E-state index in [4.69, 9.17) is 4.74 Å². The average molecular weight is 289 g/mol. The van der Waals surface area contributed by atoms with Crippen LogP contribution in [0.1, 0.15) is 10.4 Å². The monoisotopic (exact) mass is 289 g/mol. The van der Waals surface area contributed by atoms with E-state index in [1.165, 1.54) is 18.2 Å². The topological polar surface area (TPSA) is 67.6 Å². The van der Waals surface area contributed by atoms with Crippen LogP contribution in [0.15, 0.2) is 42.7 Å². The molecule has 0 aliphatic carbocycles. The van der Waals surface area contributed by atoms with Gasteiger partial charge in [-0.3, -0.25) is 4.79 Å². The molecule has 0 radical (unpaired) electrons. The van der Waals surface area contributed by atoms with Crippen molar-refractivity contribution in [3.8, 4) is 5.69 Å². The molecule has 0 aliphatic rings. The summed E-state index contributed by atoms with van der Waals surface area (Å²) in [5.41, 5.74) is 1.37. The summed E-state index contributed by atoms with van der Waals surface area (Å²) in [6, 6.07) is 9.56. The first-order chi connectivity index (χ1) is 10.1. The standard InChI is InChI=1S/C15H19N3O3/c1-17(10-14(19)11-21-2)15(20)12-8-16-18(9-12)13-6-4-3-5-7-13/h3-9,14,19H,10-11H2,1-2H3. The van der Waals surface area contributed by atoms with Crippen LogP contribution in [0.2, 0.25) is 0 Å². The molecule has 1 unspecified atom stereocenters. The van der Waals surface area contributed by atoms with Crippen molar-refractivity contribution < 1.29 is 14.6 Å². The van der Waals surface area contributed by atoms with Crippen LogP contribution in [0.5, 0.6) is 0 Å². The lowest BCUT2D eigenvalue weighted by Crippen LogP contribution is -2.36. The summed E-state index contributed by atoms with van der Waals surface area (Å²) in [5.74, 6) is -0.188. The zero-order valence-electron chi connectivity index (χ0n) is 12.1. The molecule has 1 atom stereocenters. The summed E-state index contributed by atoms with van der Waals surface area (Å²) >= 11 is 0. The summed E-state index contributed by atoms with van der Waals surface area (Å²) in [6.45, 7) is 0.407. The first-order valence-electron chi connectivity index (χ1n) is 6.64. The number of benzene rings is 1. The first kappa shape index (κ1) is 15.2. The summed E-state index contributed by atoms with van der Waals surface area (Å²) < 4.78 is 6.49. The number of carbonyl (C=O) groups excluding carboxylic acids is 1. The lowest BCUT2D eigenvalue weighted by atomic mass is 10.3. The Morgan fingerprint density at radius 2 is 2.14 bits per heavy atom. The van der Waals surface area contributed by atoms with E-state index in [-0.39, 0.29) is 19.1 Å². The van der Waals surface area contributed by atoms with Gasteiger partial charge in [-0.1, -0.05) is 18.2 Å². The van der Waals surface area contributed by atoms with Gasteiger partial charge in [0.2, 0.25) is 0 Å². The molecule has 0 bridgehead atoms. The van der Waals surface area contributed by atoms with Crippen LogP contribution in [-0.2, 0) is 4.74 Å². The zero-order chi connectivity index (χ0) is 15.2. The number of aliphatic hydroxyl groups excluding tert-OH is 1. The minimum atomic E-state index is -0.701. The quantitative estimate of drug-likeness (QED) is 0.860. The Morgan fingerprint density at radius 3 is 2.81 bits per heavy atom. The van der Waals surface area contributed by atoms with Crippen LogP contribution in [-0.4, -0.2) is 59.1 Å². The Bertz CT molecular complexity index is 583. The Kier molecular flexibility index (Phi) is 5.08. The number of para-hydroxylation sites is 1. The molecule has 0 saturated carbocycles. The van der Waals surface area contributed by atoms with Crippen molar-refractivity contribution in [2.75, 3.05) is 27.3 Å². The maximum Gasteiger partial charge on any atom is 0.256 e. The van der Waals surface area contributed by atoms with Crippen molar-refractivity contribution >= 4 is 5.91 Å². The van der Waals surface area contributed by atoms with E-state index < -0.39 is 6.10 Å². The summed E-state index contributed by atoms with van der Waals surface area (Å²) in [7, 11) is 3.15. The molecule has 0 saturated heterocycles. The Balaban J connectivity index is 2.05. The molecule has 2 rings (SSSR count). The van der Waals surface area contributed by atoms with Crippen molar-refractivity contribution in [2.45, 2.75) is 6.10 Å². The van der Waals surface area contributed by atoms with Gasteiger partial charge in [-0.25, -0.2) is 4.68 Å². The van der Waals surface area contributed by atoms with E-state index in [0.29, 0.717) is 5.56 Å². The van der Waals surface area contributed by atoms with Crippen molar-refractivity contribution in [2.24, 2.45) is 0 Å². The van der Waals surface area contributed by atoms with Gasteiger partial charge in [0, 0.05) is 26.9 Å². The number of likely N-dealkylation sites (N-methyl/N-ethyl adjacent to an activating group) is 1. The molecule has 1 heterocycles. The second-order valence-corrected chi connectivity index (χ2v) is 4.80. The van der Waals surface area contributed by atoms with Gasteiger partial charge in [0.25, 0.3) is 5.91 Å². The highest BCUT2D eigenvalue weighted by Crippen LogP contribution is 2.09. The lowest BCUT2D eigenvalue weighted by molar-refractivity contribution is 0.0380. The minimum absolute atomic E-state index is 0.188. The third-order valence-electron chi connectivity index (χ3n) is 3.04. The zero-order valence-corrected chi connectivity index (χ0v) is 12.1. The van der Waals surface area contributed by atoms with E-state index in [1.54, 1.807) is 17.9 Å². The van der Waals surface area contributed by atoms with Crippen molar-refractivity contribution in [1.82, 2.24) is 14.7 Å². The minimum Gasteiger partial charge on any atom is -0.389 e. The Labute approximate surface area is 123 Å². The second-order valence-electron chi connectivity index (χ2n) is 4.80. The van der Waals surface area contributed by atoms with Gasteiger partial charge in [-0.15, -0.1) is 0 Å². The van der Waals surface area contributed by atoms with Crippen LogP contribution in [0.4, 0.5) is 0 Å². The predicted molar refractivity (Wildman–Crippen MR) is 78.4 cm³/mol. The summed E-state index contributed by atoms with van der Waals surface area (Å²) in [6.07, 6.45) is 2.50. The third-order valence-corrected chi connectivity index (χ3v) is 3.04. The molecule has 1 aromatic heterocycles. The number of carbonyl (C=O) groups is 1. The van der Waals surface area contributed by atoms with E-state index >= 15 is 0 Å². The van der Waals surface area contributed by atoms with Crippen LogP contribution >= 0.6 is 0 Å². The van der Waals surface area contributed by atoms with Crippen LogP contribution in [0, 0.1) is 0 Å². The van der Waals surface area contributed by atoms with Gasteiger partial charge in [0.05, 0.1) is 30.2 Å². The van der Waals surface area contributed by atoms with E-state index in [0.717, 1.165) is 5.69 Å². The fourth-order valence-corrected chi connectivity index (χ4v) is 2.02. The molecule has 1 amide bonds. The smallest absolute Gasteiger partial charge is 0.256 e. The van der Waals surface area contributed by atoms with Crippen LogP contribution < -0.4 is 0 Å². The average Bonchev–Trinajstić information content (AvgIpc) is 2.97. The maximum atomic E-state index is 12.2. The predicted octanol–water partition coefficient (Wildman–Crippen LogP) is 0.952. The maximum absolute atomic E-state index is 12.2. The SMILES string of the molecule is COCC(O)CN(C)C(=O)c1cnn(-c2ccccc2)c1. The van der Waals surface area contributed by atoms with Gasteiger partial charge < -0.3 is 14.7 Å². The second kappa shape index (κ2) is 7.01. The van der Waals surface area contributed by atoms with Crippen LogP contribution in [0.3, 0.4) is 0 Å². The highest BCUT2D eigenvalue weighted by molar-refractivity contribution is 5.93. The van der Waals surface area contributed by atoms with Crippen molar-refractivity contribution in [3.63, 3.8) is 0 Å². The van der Waals surface area contributed by atoms with Gasteiger partial charge in [-0.2, -0.15) is 5.10 Å². The summed E-state index contributed by atoms with van der Waals surface area (Å²) in [4.78, 5) is 13.7. The number of nitrogens with zero attached hydrogens (tertiary/aromatic N) is 3.